The average molecular weight is 275 g/mol. The molecule has 0 unspecified atom stereocenters. The number of nitrogens with zero attached hydrogens (tertiary/aromatic N) is 3. The molecule has 20 heavy (non-hydrogen) atoms. The Morgan fingerprint density at radius 1 is 1.40 bits per heavy atom. The van der Waals surface area contributed by atoms with Gasteiger partial charge in [-0.2, -0.15) is 0 Å². The number of carbonyl (C=O) groups excluding carboxylic acids is 1. The highest BCUT2D eigenvalue weighted by Crippen LogP contribution is 2.20. The molecular formula is C15H21N3O2. The SMILES string of the molecule is Cc1ccnc(C2=CCN(C(=O)OC(C)(C)C)CC2)n1. The first-order chi connectivity index (χ1) is 9.35. The monoisotopic (exact) mass is 275 g/mol. The molecule has 0 saturated heterocycles. The molecule has 108 valence electrons. The van der Waals surface area contributed by atoms with E-state index in [-0.39, 0.29) is 6.09 Å². The van der Waals surface area contributed by atoms with Gasteiger partial charge < -0.3 is 9.64 Å². The molecule has 1 aromatic rings. The lowest BCUT2D eigenvalue weighted by molar-refractivity contribution is 0.0270. The van der Waals surface area contributed by atoms with Crippen molar-refractivity contribution in [3.63, 3.8) is 0 Å². The fraction of sp³-hybridized carbons (Fsp3) is 0.533. The van der Waals surface area contributed by atoms with Crippen LogP contribution in [0.15, 0.2) is 18.3 Å². The van der Waals surface area contributed by atoms with Crippen LogP contribution in [0, 0.1) is 6.92 Å². The first-order valence-electron chi connectivity index (χ1n) is 6.82. The third-order valence-electron chi connectivity index (χ3n) is 2.94. The van der Waals surface area contributed by atoms with E-state index in [4.69, 9.17) is 4.74 Å². The molecule has 1 amide bonds. The highest BCUT2D eigenvalue weighted by atomic mass is 16.6. The summed E-state index contributed by atoms with van der Waals surface area (Å²) in [6.07, 6.45) is 4.25. The van der Waals surface area contributed by atoms with Crippen molar-refractivity contribution in [3.05, 3.63) is 29.9 Å². The second kappa shape index (κ2) is 5.61. The molecule has 0 aromatic carbocycles. The Labute approximate surface area is 119 Å². The van der Waals surface area contributed by atoms with Gasteiger partial charge in [0, 0.05) is 25.0 Å². The quantitative estimate of drug-likeness (QED) is 0.791. The Morgan fingerprint density at radius 3 is 2.70 bits per heavy atom. The van der Waals surface area contributed by atoms with Gasteiger partial charge >= 0.3 is 6.09 Å². The third-order valence-corrected chi connectivity index (χ3v) is 2.94. The highest BCUT2D eigenvalue weighted by Gasteiger charge is 2.24. The molecular weight excluding hydrogens is 254 g/mol. The van der Waals surface area contributed by atoms with Gasteiger partial charge in [0.2, 0.25) is 0 Å². The minimum Gasteiger partial charge on any atom is -0.444 e. The molecule has 5 nitrogen and oxygen atoms in total. The van der Waals surface area contributed by atoms with Crippen molar-refractivity contribution >= 4 is 11.7 Å². The van der Waals surface area contributed by atoms with E-state index in [1.165, 1.54) is 0 Å². The van der Waals surface area contributed by atoms with E-state index in [0.29, 0.717) is 13.1 Å². The lowest BCUT2D eigenvalue weighted by atomic mass is 10.1. The predicted octanol–water partition coefficient (Wildman–Crippen LogP) is 2.81. The topological polar surface area (TPSA) is 55.3 Å². The second-order valence-electron chi connectivity index (χ2n) is 5.93. The van der Waals surface area contributed by atoms with E-state index in [9.17, 15) is 4.79 Å². The molecule has 0 aliphatic carbocycles. The van der Waals surface area contributed by atoms with Crippen LogP contribution in [0.4, 0.5) is 4.79 Å². The van der Waals surface area contributed by atoms with Crippen molar-refractivity contribution < 1.29 is 9.53 Å². The lowest BCUT2D eigenvalue weighted by Gasteiger charge is -2.29. The third kappa shape index (κ3) is 3.79. The van der Waals surface area contributed by atoms with Gasteiger partial charge in [0.05, 0.1) is 0 Å². The Hall–Kier alpha value is -1.91. The standard InChI is InChI=1S/C15H21N3O2/c1-11-5-8-16-13(17-11)12-6-9-18(10-7-12)14(19)20-15(2,3)4/h5-6,8H,7,9-10H2,1-4H3. The number of hydrogen-bond acceptors (Lipinski definition) is 4. The van der Waals surface area contributed by atoms with Crippen molar-refractivity contribution in [3.8, 4) is 0 Å². The predicted molar refractivity (Wildman–Crippen MR) is 77.2 cm³/mol. The van der Waals surface area contributed by atoms with Gasteiger partial charge in [-0.25, -0.2) is 14.8 Å². The molecule has 0 atom stereocenters. The number of carbonyl (C=O) groups is 1. The van der Waals surface area contributed by atoms with Crippen molar-refractivity contribution in [2.45, 2.75) is 39.7 Å². The summed E-state index contributed by atoms with van der Waals surface area (Å²) in [5, 5.41) is 0. The smallest absolute Gasteiger partial charge is 0.410 e. The zero-order valence-corrected chi connectivity index (χ0v) is 12.5. The van der Waals surface area contributed by atoms with Crippen LogP contribution < -0.4 is 0 Å². The minimum absolute atomic E-state index is 0.266. The van der Waals surface area contributed by atoms with Crippen molar-refractivity contribution in [1.29, 1.82) is 0 Å². The van der Waals surface area contributed by atoms with Gasteiger partial charge in [-0.3, -0.25) is 0 Å². The maximum atomic E-state index is 12.0. The Kier molecular flexibility index (Phi) is 4.06. The molecule has 0 saturated carbocycles. The number of hydrogen-bond donors (Lipinski definition) is 0. The molecule has 2 heterocycles. The zero-order valence-electron chi connectivity index (χ0n) is 12.5. The first-order valence-corrected chi connectivity index (χ1v) is 6.82. The summed E-state index contributed by atoms with van der Waals surface area (Å²) in [6, 6.07) is 1.87. The lowest BCUT2D eigenvalue weighted by Crippen LogP contribution is -2.39. The average Bonchev–Trinajstić information content (AvgIpc) is 2.37. The Bertz CT molecular complexity index is 532. The van der Waals surface area contributed by atoms with Gasteiger partial charge in [-0.05, 0) is 45.8 Å². The summed E-state index contributed by atoms with van der Waals surface area (Å²) in [7, 11) is 0. The van der Waals surface area contributed by atoms with Crippen molar-refractivity contribution in [2.24, 2.45) is 0 Å². The summed E-state index contributed by atoms with van der Waals surface area (Å²) in [6.45, 7) is 8.74. The fourth-order valence-corrected chi connectivity index (χ4v) is 1.97. The first kappa shape index (κ1) is 14.5. The van der Waals surface area contributed by atoms with Gasteiger partial charge in [0.25, 0.3) is 0 Å². The highest BCUT2D eigenvalue weighted by molar-refractivity contribution is 5.71. The van der Waals surface area contributed by atoms with Crippen LogP contribution in [0.3, 0.4) is 0 Å². The molecule has 0 fully saturated rings. The zero-order chi connectivity index (χ0) is 14.8. The van der Waals surface area contributed by atoms with Crippen molar-refractivity contribution in [2.75, 3.05) is 13.1 Å². The maximum absolute atomic E-state index is 12.0. The van der Waals surface area contributed by atoms with Gasteiger partial charge in [0.15, 0.2) is 5.82 Å². The van der Waals surface area contributed by atoms with Gasteiger partial charge in [0.1, 0.15) is 5.60 Å². The van der Waals surface area contributed by atoms with E-state index in [2.05, 4.69) is 9.97 Å². The number of ether oxygens (including phenoxy) is 1. The van der Waals surface area contributed by atoms with E-state index in [1.807, 2.05) is 39.8 Å². The van der Waals surface area contributed by atoms with Gasteiger partial charge in [-0.15, -0.1) is 0 Å². The number of amides is 1. The van der Waals surface area contributed by atoms with Crippen molar-refractivity contribution in [1.82, 2.24) is 14.9 Å². The minimum atomic E-state index is -0.458. The van der Waals surface area contributed by atoms with Crippen LogP contribution in [0.1, 0.15) is 38.7 Å². The van der Waals surface area contributed by atoms with Crippen LogP contribution >= 0.6 is 0 Å². The molecule has 0 bridgehead atoms. The molecule has 1 aromatic heterocycles. The fourth-order valence-electron chi connectivity index (χ4n) is 1.97. The van der Waals surface area contributed by atoms with Gasteiger partial charge in [-0.1, -0.05) is 6.08 Å². The van der Waals surface area contributed by atoms with Crippen LogP contribution in [-0.2, 0) is 4.74 Å². The molecule has 0 radical (unpaired) electrons. The van der Waals surface area contributed by atoms with E-state index >= 15 is 0 Å². The summed E-state index contributed by atoms with van der Waals surface area (Å²) < 4.78 is 5.36. The molecule has 1 aliphatic rings. The molecule has 2 rings (SSSR count). The molecule has 0 N–H and O–H groups in total. The van der Waals surface area contributed by atoms with E-state index < -0.39 is 5.60 Å². The van der Waals surface area contributed by atoms with Crippen LogP contribution in [0.5, 0.6) is 0 Å². The summed E-state index contributed by atoms with van der Waals surface area (Å²) in [4.78, 5) is 22.3. The van der Waals surface area contributed by atoms with Crippen LogP contribution in [0.25, 0.3) is 5.57 Å². The Balaban J connectivity index is 2.02. The molecule has 0 spiro atoms. The largest absolute Gasteiger partial charge is 0.444 e. The van der Waals surface area contributed by atoms with Crippen LogP contribution in [0.2, 0.25) is 0 Å². The molecule has 5 heteroatoms. The summed E-state index contributed by atoms with van der Waals surface area (Å²) >= 11 is 0. The number of rotatable bonds is 1. The Morgan fingerprint density at radius 2 is 2.15 bits per heavy atom. The number of aromatic nitrogens is 2. The van der Waals surface area contributed by atoms with E-state index in [1.54, 1.807) is 11.1 Å². The molecule has 1 aliphatic heterocycles. The maximum Gasteiger partial charge on any atom is 0.410 e. The summed E-state index contributed by atoms with van der Waals surface area (Å²) in [5.41, 5.74) is 1.58. The normalized spacial score (nSPS) is 15.8. The number of aryl methyl sites for hydroxylation is 1. The summed E-state index contributed by atoms with van der Waals surface area (Å²) in [5.74, 6) is 0.758. The second-order valence-corrected chi connectivity index (χ2v) is 5.93. The van der Waals surface area contributed by atoms with E-state index in [0.717, 1.165) is 23.5 Å². The van der Waals surface area contributed by atoms with Crippen LogP contribution in [-0.4, -0.2) is 39.7 Å².